The molecule has 1 aliphatic rings. The van der Waals surface area contributed by atoms with Gasteiger partial charge in [-0.3, -0.25) is 16.0 Å². The second-order valence-electron chi connectivity index (χ2n) is 13.5. The van der Waals surface area contributed by atoms with Gasteiger partial charge in [0.1, 0.15) is 0 Å². The summed E-state index contributed by atoms with van der Waals surface area (Å²) in [6.07, 6.45) is -0.263. The molecule has 1 saturated heterocycles. The second kappa shape index (κ2) is 12.4. The van der Waals surface area contributed by atoms with E-state index in [2.05, 4.69) is 189 Å². The third-order valence-electron chi connectivity index (χ3n) is 10.4. The van der Waals surface area contributed by atoms with Crippen LogP contribution in [0.5, 0.6) is 0 Å². The van der Waals surface area contributed by atoms with Crippen LogP contribution >= 0.6 is 0 Å². The molecule has 0 saturated carbocycles. The van der Waals surface area contributed by atoms with Gasteiger partial charge in [-0.1, -0.05) is 109 Å². The number of nitrogens with one attached hydrogen (secondary N) is 3. The van der Waals surface area contributed by atoms with Gasteiger partial charge in [0, 0.05) is 32.9 Å². The maximum atomic E-state index is 9.94. The van der Waals surface area contributed by atoms with Crippen LogP contribution in [-0.4, -0.2) is 9.13 Å². The van der Waals surface area contributed by atoms with Crippen molar-refractivity contribution in [3.05, 3.63) is 192 Å². The van der Waals surface area contributed by atoms with E-state index in [-0.39, 0.29) is 18.5 Å². The molecule has 0 bridgehead atoms. The fourth-order valence-corrected chi connectivity index (χ4v) is 8.04. The van der Waals surface area contributed by atoms with Crippen molar-refractivity contribution in [3.63, 3.8) is 0 Å². The highest BCUT2D eigenvalue weighted by atomic mass is 15.4. The Morgan fingerprint density at radius 1 is 0.385 bits per heavy atom. The Morgan fingerprint density at radius 2 is 0.885 bits per heavy atom. The fraction of sp³-hybridized carbons (Fsp3) is 0.0652. The maximum absolute atomic E-state index is 9.94. The number of fused-ring (bicyclic) bond motifs is 6. The summed E-state index contributed by atoms with van der Waals surface area (Å²) in [5.41, 5.74) is 10.8. The average Bonchev–Trinajstić information content (AvgIpc) is 3.72. The minimum absolute atomic E-state index is 0.0628. The van der Waals surface area contributed by atoms with Crippen LogP contribution in [0.2, 0.25) is 0 Å². The molecule has 7 aromatic carbocycles. The lowest BCUT2D eigenvalue weighted by Crippen LogP contribution is -2.54. The molecule has 3 N–H and O–H groups in total. The van der Waals surface area contributed by atoms with Gasteiger partial charge in [0.05, 0.1) is 52.2 Å². The zero-order valence-electron chi connectivity index (χ0n) is 28.2. The Kier molecular flexibility index (Phi) is 7.22. The van der Waals surface area contributed by atoms with Crippen LogP contribution in [-0.2, 0) is 0 Å². The summed E-state index contributed by atoms with van der Waals surface area (Å²) >= 11 is 0. The third-order valence-corrected chi connectivity index (χ3v) is 10.4. The van der Waals surface area contributed by atoms with Crippen molar-refractivity contribution < 1.29 is 0 Å². The van der Waals surface area contributed by atoms with Gasteiger partial charge >= 0.3 is 0 Å². The fourth-order valence-electron chi connectivity index (χ4n) is 8.04. The number of para-hydroxylation sites is 2. The number of nitriles is 1. The van der Waals surface area contributed by atoms with Crippen molar-refractivity contribution in [2.45, 2.75) is 18.5 Å². The lowest BCUT2D eigenvalue weighted by molar-refractivity contribution is 0.203. The highest BCUT2D eigenvalue weighted by Crippen LogP contribution is 2.40. The molecule has 0 spiro atoms. The predicted molar refractivity (Wildman–Crippen MR) is 210 cm³/mol. The monoisotopic (exact) mass is 670 g/mol. The SMILES string of the molecule is N#Cc1ccc2c(c1)c1cc3c4ccccc4n(-c4ccccc4)c3cc1n2-c1cccc(C2NC(c3ccccc3)NC(c3ccccc3)N2)c1. The molecule has 0 radical (unpaired) electrons. The number of benzene rings is 7. The van der Waals surface area contributed by atoms with Gasteiger partial charge < -0.3 is 9.13 Å². The molecule has 2 aromatic heterocycles. The van der Waals surface area contributed by atoms with E-state index in [4.69, 9.17) is 0 Å². The van der Waals surface area contributed by atoms with Crippen molar-refractivity contribution in [3.8, 4) is 17.4 Å². The van der Waals surface area contributed by atoms with Crippen LogP contribution in [0.15, 0.2) is 170 Å². The second-order valence-corrected chi connectivity index (χ2v) is 13.5. The standard InChI is InChI=1S/C46H34N6/c47-29-30-23-24-41-37(25-30)39-27-38-36-21-10-11-22-40(36)51(34-18-8-3-9-19-34)42(38)28-43(39)52(41)35-20-12-17-33(26-35)46-49-44(31-13-4-1-5-14-31)48-45(50-46)32-15-6-2-7-16-32/h1-28,44-46,48-50H. The van der Waals surface area contributed by atoms with Gasteiger partial charge in [-0.05, 0) is 77.4 Å². The van der Waals surface area contributed by atoms with E-state index in [1.165, 1.54) is 21.9 Å². The largest absolute Gasteiger partial charge is 0.309 e. The molecule has 6 heteroatoms. The smallest absolute Gasteiger partial charge is 0.0991 e. The number of hydrogen-bond donors (Lipinski definition) is 3. The molecule has 0 amide bonds. The molecule has 6 nitrogen and oxygen atoms in total. The van der Waals surface area contributed by atoms with Gasteiger partial charge in [-0.2, -0.15) is 5.26 Å². The van der Waals surface area contributed by atoms with Crippen LogP contribution in [0.4, 0.5) is 0 Å². The molecule has 9 aromatic rings. The molecule has 0 aliphatic carbocycles. The minimum Gasteiger partial charge on any atom is -0.309 e. The van der Waals surface area contributed by atoms with E-state index in [1.807, 2.05) is 12.1 Å². The summed E-state index contributed by atoms with van der Waals surface area (Å²) in [5, 5.41) is 26.0. The van der Waals surface area contributed by atoms with E-state index < -0.39 is 0 Å². The number of nitrogens with zero attached hydrogens (tertiary/aromatic N) is 3. The van der Waals surface area contributed by atoms with Crippen molar-refractivity contribution >= 4 is 43.6 Å². The van der Waals surface area contributed by atoms with Crippen molar-refractivity contribution in [1.82, 2.24) is 25.1 Å². The van der Waals surface area contributed by atoms with Gasteiger partial charge in [0.25, 0.3) is 0 Å². The maximum Gasteiger partial charge on any atom is 0.0991 e. The molecule has 248 valence electrons. The van der Waals surface area contributed by atoms with E-state index in [0.717, 1.165) is 49.8 Å². The Labute approximate surface area is 301 Å². The molecule has 10 rings (SSSR count). The molecular weight excluding hydrogens is 637 g/mol. The van der Waals surface area contributed by atoms with Crippen molar-refractivity contribution in [1.29, 1.82) is 5.26 Å². The molecule has 1 fully saturated rings. The zero-order chi connectivity index (χ0) is 34.6. The first-order valence-corrected chi connectivity index (χ1v) is 17.7. The van der Waals surface area contributed by atoms with Crippen LogP contribution in [0.25, 0.3) is 55.0 Å². The molecule has 3 heterocycles. The van der Waals surface area contributed by atoms with Gasteiger partial charge in [-0.25, -0.2) is 0 Å². The van der Waals surface area contributed by atoms with E-state index in [1.54, 1.807) is 0 Å². The van der Waals surface area contributed by atoms with Crippen LogP contribution in [0.3, 0.4) is 0 Å². The third kappa shape index (κ3) is 4.99. The summed E-state index contributed by atoms with van der Waals surface area (Å²) in [6.45, 7) is 0. The van der Waals surface area contributed by atoms with Gasteiger partial charge in [0.15, 0.2) is 0 Å². The minimum atomic E-state index is -0.137. The normalized spacial score (nSPS) is 17.6. The molecule has 52 heavy (non-hydrogen) atoms. The Balaban J connectivity index is 1.17. The first-order chi connectivity index (χ1) is 25.7. The zero-order valence-corrected chi connectivity index (χ0v) is 28.2. The molecule has 2 atom stereocenters. The quantitative estimate of drug-likeness (QED) is 0.171. The van der Waals surface area contributed by atoms with E-state index >= 15 is 0 Å². The van der Waals surface area contributed by atoms with Crippen LogP contribution in [0.1, 0.15) is 40.8 Å². The van der Waals surface area contributed by atoms with Gasteiger partial charge in [0.2, 0.25) is 0 Å². The first-order valence-electron chi connectivity index (χ1n) is 17.7. The summed E-state index contributed by atoms with van der Waals surface area (Å²) in [5.74, 6) is 0. The highest BCUT2D eigenvalue weighted by Gasteiger charge is 2.30. The number of hydrogen-bond acceptors (Lipinski definition) is 4. The topological polar surface area (TPSA) is 69.7 Å². The molecule has 1 aliphatic heterocycles. The molecule has 2 unspecified atom stereocenters. The van der Waals surface area contributed by atoms with E-state index in [0.29, 0.717) is 5.56 Å². The Morgan fingerprint density at radius 3 is 1.56 bits per heavy atom. The van der Waals surface area contributed by atoms with Crippen molar-refractivity contribution in [2.75, 3.05) is 0 Å². The first kappa shape index (κ1) is 30.3. The predicted octanol–water partition coefficient (Wildman–Crippen LogP) is 9.93. The number of aromatic nitrogens is 2. The Bertz CT molecular complexity index is 2750. The van der Waals surface area contributed by atoms with Crippen LogP contribution in [0, 0.1) is 11.3 Å². The average molecular weight is 671 g/mol. The summed E-state index contributed by atoms with van der Waals surface area (Å²) in [6, 6.07) is 62.2. The summed E-state index contributed by atoms with van der Waals surface area (Å²) < 4.78 is 4.71. The summed E-state index contributed by atoms with van der Waals surface area (Å²) in [4.78, 5) is 0. The van der Waals surface area contributed by atoms with Crippen molar-refractivity contribution in [2.24, 2.45) is 0 Å². The van der Waals surface area contributed by atoms with Gasteiger partial charge in [-0.15, -0.1) is 0 Å². The Hall–Kier alpha value is -6.49. The van der Waals surface area contributed by atoms with E-state index in [9.17, 15) is 5.26 Å². The lowest BCUT2D eigenvalue weighted by atomic mass is 10.0. The lowest BCUT2D eigenvalue weighted by Gasteiger charge is -2.39. The number of rotatable bonds is 5. The highest BCUT2D eigenvalue weighted by molar-refractivity contribution is 6.19. The summed E-state index contributed by atoms with van der Waals surface area (Å²) in [7, 11) is 0. The molecular formula is C46H34N6. The van der Waals surface area contributed by atoms with Crippen LogP contribution < -0.4 is 16.0 Å².